The number of fused-ring (bicyclic) bond motifs is 1. The van der Waals surface area contributed by atoms with E-state index in [9.17, 15) is 5.11 Å². The molecule has 1 unspecified atom stereocenters. The van der Waals surface area contributed by atoms with Crippen LogP contribution in [0, 0.1) is 0 Å². The molecule has 106 valence electrons. The van der Waals surface area contributed by atoms with Crippen LogP contribution >= 0.6 is 0 Å². The Morgan fingerprint density at radius 2 is 2.16 bits per heavy atom. The summed E-state index contributed by atoms with van der Waals surface area (Å²) >= 11 is 0. The second kappa shape index (κ2) is 5.14. The van der Waals surface area contributed by atoms with Crippen LogP contribution in [0.5, 0.6) is 5.75 Å². The standard InChI is InChI=1S/C16H25NO2/c1-5-16(4,11-18)17-10-12-6-7-14-13(8-12)9-15(2,3)19-14/h6-8,17-18H,5,9-11H2,1-4H3. The predicted molar refractivity (Wildman–Crippen MR) is 77.5 cm³/mol. The summed E-state index contributed by atoms with van der Waals surface area (Å²) in [5, 5.41) is 12.8. The van der Waals surface area contributed by atoms with Crippen LogP contribution in [0.2, 0.25) is 0 Å². The van der Waals surface area contributed by atoms with Gasteiger partial charge in [-0.3, -0.25) is 0 Å². The van der Waals surface area contributed by atoms with E-state index in [1.165, 1.54) is 11.1 Å². The minimum atomic E-state index is -0.200. The van der Waals surface area contributed by atoms with Gasteiger partial charge in [0.2, 0.25) is 0 Å². The monoisotopic (exact) mass is 263 g/mol. The summed E-state index contributed by atoms with van der Waals surface area (Å²) in [6, 6.07) is 6.37. The van der Waals surface area contributed by atoms with Crippen molar-refractivity contribution in [3.05, 3.63) is 29.3 Å². The van der Waals surface area contributed by atoms with Gasteiger partial charge < -0.3 is 15.2 Å². The Kier molecular flexibility index (Phi) is 3.88. The lowest BCUT2D eigenvalue weighted by atomic mass is 9.98. The van der Waals surface area contributed by atoms with Crippen LogP contribution in [0.15, 0.2) is 18.2 Å². The van der Waals surface area contributed by atoms with Crippen molar-refractivity contribution in [1.82, 2.24) is 5.32 Å². The fourth-order valence-corrected chi connectivity index (χ4v) is 2.38. The lowest BCUT2D eigenvalue weighted by Crippen LogP contribution is -2.44. The Hall–Kier alpha value is -1.06. The molecule has 1 aromatic rings. The molecule has 19 heavy (non-hydrogen) atoms. The van der Waals surface area contributed by atoms with Crippen LogP contribution in [0.1, 0.15) is 45.2 Å². The molecule has 2 rings (SSSR count). The molecule has 0 radical (unpaired) electrons. The van der Waals surface area contributed by atoms with Crippen molar-refractivity contribution >= 4 is 0 Å². The van der Waals surface area contributed by atoms with E-state index in [0.717, 1.165) is 25.1 Å². The first-order valence-corrected chi connectivity index (χ1v) is 7.04. The van der Waals surface area contributed by atoms with Crippen LogP contribution in [0.25, 0.3) is 0 Å². The number of rotatable bonds is 5. The highest BCUT2D eigenvalue weighted by Crippen LogP contribution is 2.35. The van der Waals surface area contributed by atoms with Crippen molar-refractivity contribution < 1.29 is 9.84 Å². The number of aliphatic hydroxyl groups is 1. The molecule has 0 bridgehead atoms. The van der Waals surface area contributed by atoms with Crippen LogP contribution in [0.4, 0.5) is 0 Å². The van der Waals surface area contributed by atoms with Gasteiger partial charge in [-0.05, 0) is 44.4 Å². The second-order valence-electron chi connectivity index (χ2n) is 6.41. The lowest BCUT2D eigenvalue weighted by molar-refractivity contribution is 0.138. The molecule has 1 atom stereocenters. The Labute approximate surface area is 116 Å². The lowest BCUT2D eigenvalue weighted by Gasteiger charge is -2.27. The van der Waals surface area contributed by atoms with Crippen LogP contribution < -0.4 is 10.1 Å². The molecule has 0 fully saturated rings. The molecular formula is C16H25NO2. The van der Waals surface area contributed by atoms with Gasteiger partial charge in [0.25, 0.3) is 0 Å². The summed E-state index contributed by atoms with van der Waals surface area (Å²) in [4.78, 5) is 0. The highest BCUT2D eigenvalue weighted by Gasteiger charge is 2.30. The highest BCUT2D eigenvalue weighted by atomic mass is 16.5. The van der Waals surface area contributed by atoms with E-state index in [0.29, 0.717) is 0 Å². The van der Waals surface area contributed by atoms with Crippen molar-refractivity contribution in [1.29, 1.82) is 0 Å². The molecule has 0 saturated heterocycles. The van der Waals surface area contributed by atoms with Gasteiger partial charge in [-0.1, -0.05) is 19.1 Å². The van der Waals surface area contributed by atoms with E-state index in [4.69, 9.17) is 4.74 Å². The average Bonchev–Trinajstić information content (AvgIpc) is 2.69. The summed E-state index contributed by atoms with van der Waals surface area (Å²) in [6.07, 6.45) is 1.87. The van der Waals surface area contributed by atoms with Crippen LogP contribution in [-0.4, -0.2) is 22.9 Å². The second-order valence-corrected chi connectivity index (χ2v) is 6.41. The smallest absolute Gasteiger partial charge is 0.123 e. The number of benzene rings is 1. The van der Waals surface area contributed by atoms with E-state index >= 15 is 0 Å². The molecule has 0 amide bonds. The maximum Gasteiger partial charge on any atom is 0.123 e. The van der Waals surface area contributed by atoms with Crippen LogP contribution in [0.3, 0.4) is 0 Å². The topological polar surface area (TPSA) is 41.5 Å². The molecule has 1 aromatic carbocycles. The number of ether oxygens (including phenoxy) is 1. The normalized spacial score (nSPS) is 19.6. The molecule has 0 aromatic heterocycles. The fourth-order valence-electron chi connectivity index (χ4n) is 2.38. The Balaban J connectivity index is 2.05. The molecule has 1 aliphatic heterocycles. The minimum Gasteiger partial charge on any atom is -0.487 e. The first kappa shape index (κ1) is 14.4. The number of hydrogen-bond donors (Lipinski definition) is 2. The third-order valence-electron chi connectivity index (χ3n) is 3.98. The molecule has 0 spiro atoms. The molecule has 3 heteroatoms. The molecule has 3 nitrogen and oxygen atoms in total. The van der Waals surface area contributed by atoms with Gasteiger partial charge in [0, 0.05) is 18.5 Å². The van der Waals surface area contributed by atoms with Gasteiger partial charge in [0.1, 0.15) is 11.4 Å². The van der Waals surface area contributed by atoms with Crippen molar-refractivity contribution in [3.8, 4) is 5.75 Å². The molecular weight excluding hydrogens is 238 g/mol. The third-order valence-corrected chi connectivity index (χ3v) is 3.98. The summed E-state index contributed by atoms with van der Waals surface area (Å²) in [5.74, 6) is 1.01. The van der Waals surface area contributed by atoms with E-state index in [1.807, 2.05) is 6.92 Å². The number of aliphatic hydroxyl groups excluding tert-OH is 1. The Bertz CT molecular complexity index is 450. The molecule has 2 N–H and O–H groups in total. The van der Waals surface area contributed by atoms with Gasteiger partial charge in [-0.2, -0.15) is 0 Å². The van der Waals surface area contributed by atoms with Gasteiger partial charge in [0.15, 0.2) is 0 Å². The minimum absolute atomic E-state index is 0.0859. The first-order valence-electron chi connectivity index (χ1n) is 7.04. The van der Waals surface area contributed by atoms with E-state index in [1.54, 1.807) is 0 Å². The summed E-state index contributed by atoms with van der Waals surface area (Å²) < 4.78 is 5.88. The zero-order valence-corrected chi connectivity index (χ0v) is 12.4. The SMILES string of the molecule is CCC(C)(CO)NCc1ccc2c(c1)CC(C)(C)O2. The molecule has 0 saturated carbocycles. The van der Waals surface area contributed by atoms with Gasteiger partial charge in [-0.25, -0.2) is 0 Å². The zero-order valence-electron chi connectivity index (χ0n) is 12.4. The zero-order chi connectivity index (χ0) is 14.1. The van der Waals surface area contributed by atoms with Crippen molar-refractivity contribution in [3.63, 3.8) is 0 Å². The molecule has 0 aliphatic carbocycles. The molecule has 1 aliphatic rings. The number of hydrogen-bond acceptors (Lipinski definition) is 3. The summed E-state index contributed by atoms with van der Waals surface area (Å²) in [7, 11) is 0. The first-order chi connectivity index (χ1) is 8.87. The maximum atomic E-state index is 9.40. The van der Waals surface area contributed by atoms with Gasteiger partial charge >= 0.3 is 0 Å². The third kappa shape index (κ3) is 3.28. The fraction of sp³-hybridized carbons (Fsp3) is 0.625. The Morgan fingerprint density at radius 1 is 1.42 bits per heavy atom. The average molecular weight is 263 g/mol. The largest absolute Gasteiger partial charge is 0.487 e. The van der Waals surface area contributed by atoms with E-state index in [-0.39, 0.29) is 17.7 Å². The summed E-state index contributed by atoms with van der Waals surface area (Å²) in [5.41, 5.74) is 2.24. The molecule has 1 heterocycles. The Morgan fingerprint density at radius 3 is 2.79 bits per heavy atom. The van der Waals surface area contributed by atoms with E-state index < -0.39 is 0 Å². The predicted octanol–water partition coefficient (Wildman–Crippen LogP) is 2.65. The summed E-state index contributed by atoms with van der Waals surface area (Å²) in [6.45, 7) is 9.30. The van der Waals surface area contributed by atoms with Crippen molar-refractivity contribution in [2.45, 2.75) is 58.2 Å². The van der Waals surface area contributed by atoms with Crippen LogP contribution in [-0.2, 0) is 13.0 Å². The highest BCUT2D eigenvalue weighted by molar-refractivity contribution is 5.41. The maximum absolute atomic E-state index is 9.40. The van der Waals surface area contributed by atoms with Crippen molar-refractivity contribution in [2.24, 2.45) is 0 Å². The number of nitrogens with one attached hydrogen (secondary N) is 1. The van der Waals surface area contributed by atoms with Crippen molar-refractivity contribution in [2.75, 3.05) is 6.61 Å². The quantitative estimate of drug-likeness (QED) is 0.858. The van der Waals surface area contributed by atoms with Gasteiger partial charge in [-0.15, -0.1) is 0 Å². The van der Waals surface area contributed by atoms with Gasteiger partial charge in [0.05, 0.1) is 6.61 Å². The van der Waals surface area contributed by atoms with E-state index in [2.05, 4.69) is 44.3 Å².